The number of nitrogens with zero attached hydrogens (tertiary/aromatic N) is 1. The van der Waals surface area contributed by atoms with Crippen molar-refractivity contribution in [2.24, 2.45) is 0 Å². The summed E-state index contributed by atoms with van der Waals surface area (Å²) in [4.78, 5) is 21.9. The van der Waals surface area contributed by atoms with Gasteiger partial charge in [-0.25, -0.2) is 0 Å². The van der Waals surface area contributed by atoms with Crippen molar-refractivity contribution in [1.82, 2.24) is 5.32 Å². The van der Waals surface area contributed by atoms with Gasteiger partial charge < -0.3 is 5.32 Å². The molecule has 0 spiro atoms. The van der Waals surface area contributed by atoms with E-state index in [1.807, 2.05) is 42.5 Å². The minimum absolute atomic E-state index is 0.0319. The third kappa shape index (κ3) is 4.28. The maximum absolute atomic E-state index is 11.8. The van der Waals surface area contributed by atoms with E-state index >= 15 is 0 Å². The molecule has 0 fully saturated rings. The molecule has 0 unspecified atom stereocenters. The fourth-order valence-electron chi connectivity index (χ4n) is 1.75. The highest BCUT2D eigenvalue weighted by atomic mass is 16.6. The number of nitro benzene ring substituents is 1. The monoisotopic (exact) mass is 282 g/mol. The number of non-ortho nitro benzene ring substituents is 1. The lowest BCUT2D eigenvalue weighted by atomic mass is 10.2. The van der Waals surface area contributed by atoms with Gasteiger partial charge in [0, 0.05) is 24.2 Å². The van der Waals surface area contributed by atoms with Crippen LogP contribution in [0.4, 0.5) is 5.69 Å². The van der Waals surface area contributed by atoms with Gasteiger partial charge in [-0.15, -0.1) is 0 Å². The van der Waals surface area contributed by atoms with Crippen molar-refractivity contribution in [3.8, 4) is 0 Å². The number of rotatable bonds is 5. The number of carbonyl (C=O) groups excluding carboxylic acids is 1. The second kappa shape index (κ2) is 7.00. The molecular formula is C16H14N2O3. The van der Waals surface area contributed by atoms with Crippen LogP contribution in [0.1, 0.15) is 15.9 Å². The Kier molecular flexibility index (Phi) is 4.82. The minimum Gasteiger partial charge on any atom is -0.349 e. The first-order valence-electron chi connectivity index (χ1n) is 6.41. The van der Waals surface area contributed by atoms with E-state index in [0.717, 1.165) is 5.56 Å². The fourth-order valence-corrected chi connectivity index (χ4v) is 1.75. The summed E-state index contributed by atoms with van der Waals surface area (Å²) in [5.41, 5.74) is 1.42. The Morgan fingerprint density at radius 1 is 1.10 bits per heavy atom. The van der Waals surface area contributed by atoms with Gasteiger partial charge in [0.1, 0.15) is 0 Å². The predicted molar refractivity (Wildman–Crippen MR) is 80.9 cm³/mol. The van der Waals surface area contributed by atoms with Gasteiger partial charge in [0.15, 0.2) is 0 Å². The van der Waals surface area contributed by atoms with E-state index in [2.05, 4.69) is 5.32 Å². The number of amides is 1. The predicted octanol–water partition coefficient (Wildman–Crippen LogP) is 3.04. The smallest absolute Gasteiger partial charge is 0.269 e. The summed E-state index contributed by atoms with van der Waals surface area (Å²) in [5.74, 6) is -0.261. The Morgan fingerprint density at radius 3 is 2.38 bits per heavy atom. The van der Waals surface area contributed by atoms with Gasteiger partial charge in [-0.1, -0.05) is 42.5 Å². The molecule has 21 heavy (non-hydrogen) atoms. The molecule has 0 radical (unpaired) electrons. The summed E-state index contributed by atoms with van der Waals surface area (Å²) in [6.45, 7) is 0.394. The molecule has 2 aromatic carbocycles. The van der Waals surface area contributed by atoms with Crippen LogP contribution in [0, 0.1) is 10.1 Å². The van der Waals surface area contributed by atoms with Crippen LogP contribution in [0.2, 0.25) is 0 Å². The van der Waals surface area contributed by atoms with Gasteiger partial charge in [-0.05, 0) is 17.7 Å². The van der Waals surface area contributed by atoms with Crippen LogP contribution in [0.5, 0.6) is 0 Å². The van der Waals surface area contributed by atoms with E-state index in [4.69, 9.17) is 0 Å². The first-order valence-corrected chi connectivity index (χ1v) is 6.41. The first kappa shape index (κ1) is 14.5. The molecule has 0 saturated heterocycles. The van der Waals surface area contributed by atoms with Crippen LogP contribution < -0.4 is 5.32 Å². The molecule has 5 nitrogen and oxygen atoms in total. The molecule has 2 rings (SSSR count). The molecule has 2 aromatic rings. The van der Waals surface area contributed by atoms with Crippen molar-refractivity contribution in [2.45, 2.75) is 0 Å². The Morgan fingerprint density at radius 2 is 1.76 bits per heavy atom. The molecule has 0 heterocycles. The highest BCUT2D eigenvalue weighted by Crippen LogP contribution is 2.11. The average Bonchev–Trinajstić information content (AvgIpc) is 2.52. The second-order valence-corrected chi connectivity index (χ2v) is 4.33. The summed E-state index contributed by atoms with van der Waals surface area (Å²) in [5, 5.41) is 13.2. The van der Waals surface area contributed by atoms with Crippen molar-refractivity contribution >= 4 is 17.7 Å². The SMILES string of the molecule is O=C(NCC=Cc1ccccc1)c1ccc([N+](=O)[O-])cc1. The van der Waals surface area contributed by atoms with Crippen molar-refractivity contribution in [3.05, 3.63) is 81.9 Å². The summed E-state index contributed by atoms with van der Waals surface area (Å²) in [6, 6.07) is 15.3. The maximum atomic E-state index is 11.8. The van der Waals surface area contributed by atoms with Gasteiger partial charge >= 0.3 is 0 Å². The summed E-state index contributed by atoms with van der Waals surface area (Å²) < 4.78 is 0. The van der Waals surface area contributed by atoms with Gasteiger partial charge in [0.25, 0.3) is 11.6 Å². The van der Waals surface area contributed by atoms with Gasteiger partial charge in [-0.3, -0.25) is 14.9 Å². The Balaban J connectivity index is 1.87. The molecule has 0 saturated carbocycles. The zero-order valence-corrected chi connectivity index (χ0v) is 11.2. The molecule has 0 aromatic heterocycles. The van der Waals surface area contributed by atoms with E-state index < -0.39 is 4.92 Å². The van der Waals surface area contributed by atoms with Gasteiger partial charge in [-0.2, -0.15) is 0 Å². The molecule has 0 bridgehead atoms. The molecular weight excluding hydrogens is 268 g/mol. The summed E-state index contributed by atoms with van der Waals surface area (Å²) in [7, 11) is 0. The van der Waals surface area contributed by atoms with Crippen LogP contribution >= 0.6 is 0 Å². The lowest BCUT2D eigenvalue weighted by Gasteiger charge is -2.02. The minimum atomic E-state index is -0.496. The van der Waals surface area contributed by atoms with E-state index in [1.54, 1.807) is 0 Å². The summed E-state index contributed by atoms with van der Waals surface area (Å²) >= 11 is 0. The van der Waals surface area contributed by atoms with Crippen LogP contribution in [0.15, 0.2) is 60.7 Å². The summed E-state index contributed by atoms with van der Waals surface area (Å²) in [6.07, 6.45) is 3.76. The Hall–Kier alpha value is -2.95. The van der Waals surface area contributed by atoms with Gasteiger partial charge in [0.05, 0.1) is 4.92 Å². The zero-order valence-electron chi connectivity index (χ0n) is 11.2. The van der Waals surface area contributed by atoms with Crippen molar-refractivity contribution < 1.29 is 9.72 Å². The first-order chi connectivity index (χ1) is 10.2. The van der Waals surface area contributed by atoms with Crippen LogP contribution in [0.3, 0.4) is 0 Å². The highest BCUT2D eigenvalue weighted by molar-refractivity contribution is 5.94. The molecule has 1 N–H and O–H groups in total. The lowest BCUT2D eigenvalue weighted by Crippen LogP contribution is -2.23. The normalized spacial score (nSPS) is 10.5. The topological polar surface area (TPSA) is 72.2 Å². The quantitative estimate of drug-likeness (QED) is 0.676. The van der Waals surface area contributed by atoms with Crippen molar-refractivity contribution in [3.63, 3.8) is 0 Å². The van der Waals surface area contributed by atoms with Crippen LogP contribution in [0.25, 0.3) is 6.08 Å². The highest BCUT2D eigenvalue weighted by Gasteiger charge is 2.08. The molecule has 0 aliphatic heterocycles. The second-order valence-electron chi connectivity index (χ2n) is 4.33. The molecule has 5 heteroatoms. The number of hydrogen-bond donors (Lipinski definition) is 1. The number of benzene rings is 2. The standard InChI is InChI=1S/C16H14N2O3/c19-16(14-8-10-15(11-9-14)18(20)21)17-12-4-7-13-5-2-1-3-6-13/h1-11H,12H2,(H,17,19). The number of nitro groups is 1. The Bertz CT molecular complexity index is 649. The molecule has 0 aliphatic rings. The molecule has 0 atom stereocenters. The van der Waals surface area contributed by atoms with Crippen LogP contribution in [-0.4, -0.2) is 17.4 Å². The largest absolute Gasteiger partial charge is 0.349 e. The molecule has 0 aliphatic carbocycles. The van der Waals surface area contributed by atoms with E-state index in [1.165, 1.54) is 24.3 Å². The maximum Gasteiger partial charge on any atom is 0.269 e. The van der Waals surface area contributed by atoms with Gasteiger partial charge in [0.2, 0.25) is 0 Å². The molecule has 1 amide bonds. The van der Waals surface area contributed by atoms with Crippen LogP contribution in [-0.2, 0) is 0 Å². The number of nitrogens with one attached hydrogen (secondary N) is 1. The third-order valence-corrected chi connectivity index (χ3v) is 2.83. The van der Waals surface area contributed by atoms with Crippen molar-refractivity contribution in [2.75, 3.05) is 6.54 Å². The Labute approximate surface area is 122 Å². The van der Waals surface area contributed by atoms with E-state index in [9.17, 15) is 14.9 Å². The third-order valence-electron chi connectivity index (χ3n) is 2.83. The number of carbonyl (C=O) groups is 1. The lowest BCUT2D eigenvalue weighted by molar-refractivity contribution is -0.384. The van der Waals surface area contributed by atoms with E-state index in [-0.39, 0.29) is 11.6 Å². The number of hydrogen-bond acceptors (Lipinski definition) is 3. The molecule has 106 valence electrons. The fraction of sp³-hybridized carbons (Fsp3) is 0.0625. The van der Waals surface area contributed by atoms with Crippen molar-refractivity contribution in [1.29, 1.82) is 0 Å². The zero-order chi connectivity index (χ0) is 15.1. The average molecular weight is 282 g/mol. The van der Waals surface area contributed by atoms with E-state index in [0.29, 0.717) is 12.1 Å².